The smallest absolute Gasteiger partial charge is 0.122 e. The standard InChI is InChI=1S/C27H40O/c1-16-12-19(21-14-17-8-10-26(21,6)24(17,2)3)23(28)20(13-16)22-15-18-9-11-27(22,7)25(18,4)5/h12-13,17-18,21-22,28H,8-11,14-15H2,1-7H3/t17-,18-,21+,22+,26+,27+/m1/s1. The fourth-order valence-electron chi connectivity index (χ4n) is 8.71. The number of phenols is 1. The van der Waals surface area contributed by atoms with Gasteiger partial charge in [-0.1, -0.05) is 59.2 Å². The molecular weight excluding hydrogens is 340 g/mol. The summed E-state index contributed by atoms with van der Waals surface area (Å²) in [6.45, 7) is 17.2. The summed E-state index contributed by atoms with van der Waals surface area (Å²) in [6.07, 6.45) is 7.89. The fourth-order valence-corrected chi connectivity index (χ4v) is 8.71. The third-order valence-electron chi connectivity index (χ3n) is 11.7. The zero-order chi connectivity index (χ0) is 20.3. The minimum atomic E-state index is 0.318. The predicted octanol–water partition coefficient (Wildman–Crippen LogP) is 7.56. The van der Waals surface area contributed by atoms with Crippen molar-refractivity contribution in [1.82, 2.24) is 0 Å². The van der Waals surface area contributed by atoms with Gasteiger partial charge in [0.25, 0.3) is 0 Å². The molecule has 1 nitrogen and oxygen atoms in total. The van der Waals surface area contributed by atoms with Crippen LogP contribution in [-0.4, -0.2) is 5.11 Å². The molecule has 0 heterocycles. The lowest BCUT2D eigenvalue weighted by molar-refractivity contribution is 0.130. The van der Waals surface area contributed by atoms with E-state index in [-0.39, 0.29) is 0 Å². The van der Waals surface area contributed by atoms with Crippen molar-refractivity contribution in [2.24, 2.45) is 33.5 Å². The van der Waals surface area contributed by atoms with Gasteiger partial charge in [0.05, 0.1) is 0 Å². The number of fused-ring (bicyclic) bond motifs is 4. The van der Waals surface area contributed by atoms with Gasteiger partial charge in [-0.15, -0.1) is 0 Å². The normalized spacial score (nSPS) is 45.1. The van der Waals surface area contributed by atoms with Crippen LogP contribution in [0.4, 0.5) is 0 Å². The van der Waals surface area contributed by atoms with Crippen molar-refractivity contribution in [3.8, 4) is 5.75 Å². The first-order valence-electron chi connectivity index (χ1n) is 11.8. The molecule has 0 aliphatic heterocycles. The molecule has 4 saturated carbocycles. The molecule has 1 N–H and O–H groups in total. The van der Waals surface area contributed by atoms with Crippen LogP contribution in [-0.2, 0) is 0 Å². The Balaban J connectivity index is 1.60. The highest BCUT2D eigenvalue weighted by molar-refractivity contribution is 5.50. The van der Waals surface area contributed by atoms with Crippen molar-refractivity contribution in [2.75, 3.05) is 0 Å². The average Bonchev–Trinajstić information content (AvgIpc) is 3.14. The summed E-state index contributed by atoms with van der Waals surface area (Å²) < 4.78 is 0. The van der Waals surface area contributed by atoms with Gasteiger partial charge in [-0.25, -0.2) is 0 Å². The van der Waals surface area contributed by atoms with E-state index in [0.29, 0.717) is 39.2 Å². The van der Waals surface area contributed by atoms with E-state index in [2.05, 4.69) is 60.6 Å². The Morgan fingerprint density at radius 1 is 0.750 bits per heavy atom. The minimum absolute atomic E-state index is 0.318. The van der Waals surface area contributed by atoms with E-state index in [9.17, 15) is 5.11 Å². The van der Waals surface area contributed by atoms with Crippen molar-refractivity contribution in [2.45, 2.75) is 98.8 Å². The van der Waals surface area contributed by atoms with Gasteiger partial charge in [0.1, 0.15) is 5.75 Å². The molecule has 4 aliphatic rings. The molecule has 1 heteroatoms. The highest BCUT2D eigenvalue weighted by Crippen LogP contribution is 2.74. The molecule has 0 unspecified atom stereocenters. The second-order valence-corrected chi connectivity index (χ2v) is 12.6. The van der Waals surface area contributed by atoms with Crippen molar-refractivity contribution in [3.63, 3.8) is 0 Å². The first-order chi connectivity index (χ1) is 12.9. The Morgan fingerprint density at radius 2 is 1.14 bits per heavy atom. The second kappa shape index (κ2) is 5.38. The van der Waals surface area contributed by atoms with Crippen LogP contribution in [0.5, 0.6) is 5.75 Å². The van der Waals surface area contributed by atoms with E-state index < -0.39 is 0 Å². The molecule has 0 amide bonds. The van der Waals surface area contributed by atoms with Gasteiger partial charge in [-0.05, 0) is 102 Å². The number of hydrogen-bond donors (Lipinski definition) is 1. The van der Waals surface area contributed by atoms with Gasteiger partial charge >= 0.3 is 0 Å². The SMILES string of the molecule is Cc1cc([C@@H]2C[C@H]3CC[C@]2(C)C3(C)C)c(O)c([C@@H]2C[C@H]3CC[C@]2(C)C3(C)C)c1. The first kappa shape index (κ1) is 19.0. The number of hydrogen-bond acceptors (Lipinski definition) is 1. The Labute approximate surface area is 172 Å². The fraction of sp³-hybridized carbons (Fsp3) is 0.778. The van der Waals surface area contributed by atoms with Crippen LogP contribution in [0, 0.1) is 40.4 Å². The zero-order valence-electron chi connectivity index (χ0n) is 19.2. The number of phenolic OH excluding ortho intramolecular Hbond substituents is 1. The maximum absolute atomic E-state index is 11.7. The quantitative estimate of drug-likeness (QED) is 0.561. The summed E-state index contributed by atoms with van der Waals surface area (Å²) in [4.78, 5) is 0. The lowest BCUT2D eigenvalue weighted by atomic mass is 9.63. The summed E-state index contributed by atoms with van der Waals surface area (Å²) in [5, 5.41) is 11.7. The summed E-state index contributed by atoms with van der Waals surface area (Å²) in [6, 6.07) is 4.65. The molecular formula is C27H40O. The van der Waals surface area contributed by atoms with Crippen LogP contribution in [0.1, 0.15) is 109 Å². The minimum Gasteiger partial charge on any atom is -0.507 e. The van der Waals surface area contributed by atoms with Crippen LogP contribution >= 0.6 is 0 Å². The van der Waals surface area contributed by atoms with Crippen molar-refractivity contribution >= 4 is 0 Å². The maximum Gasteiger partial charge on any atom is 0.122 e. The van der Waals surface area contributed by atoms with Gasteiger partial charge in [0.15, 0.2) is 0 Å². The molecule has 4 bridgehead atoms. The van der Waals surface area contributed by atoms with Crippen LogP contribution in [0.15, 0.2) is 12.1 Å². The number of benzene rings is 1. The third kappa shape index (κ3) is 2.00. The Hall–Kier alpha value is -0.980. The highest BCUT2D eigenvalue weighted by atomic mass is 16.3. The third-order valence-corrected chi connectivity index (χ3v) is 11.7. The average molecular weight is 381 g/mol. The summed E-state index contributed by atoms with van der Waals surface area (Å²) in [5.41, 5.74) is 5.30. The molecule has 4 aliphatic carbocycles. The zero-order valence-corrected chi connectivity index (χ0v) is 19.2. The lowest BCUT2D eigenvalue weighted by Crippen LogP contribution is -2.32. The predicted molar refractivity (Wildman–Crippen MR) is 117 cm³/mol. The number of aromatic hydroxyl groups is 1. The topological polar surface area (TPSA) is 20.2 Å². The van der Waals surface area contributed by atoms with Gasteiger partial charge < -0.3 is 5.11 Å². The van der Waals surface area contributed by atoms with Crippen LogP contribution in [0.25, 0.3) is 0 Å². The van der Waals surface area contributed by atoms with E-state index in [1.165, 1.54) is 55.2 Å². The molecule has 154 valence electrons. The number of rotatable bonds is 2. The van der Waals surface area contributed by atoms with Crippen molar-refractivity contribution in [1.29, 1.82) is 0 Å². The van der Waals surface area contributed by atoms with Gasteiger partial charge in [0, 0.05) is 0 Å². The molecule has 1 aromatic carbocycles. The number of aryl methyl sites for hydroxylation is 1. The van der Waals surface area contributed by atoms with E-state index in [0.717, 1.165) is 11.8 Å². The maximum atomic E-state index is 11.7. The molecule has 0 radical (unpaired) electrons. The summed E-state index contributed by atoms with van der Waals surface area (Å²) in [7, 11) is 0. The lowest BCUT2D eigenvalue weighted by Gasteiger charge is -2.42. The molecule has 5 rings (SSSR count). The van der Waals surface area contributed by atoms with Crippen molar-refractivity contribution < 1.29 is 5.11 Å². The van der Waals surface area contributed by atoms with Crippen molar-refractivity contribution in [3.05, 3.63) is 28.8 Å². The van der Waals surface area contributed by atoms with E-state index in [1.54, 1.807) is 0 Å². The first-order valence-corrected chi connectivity index (χ1v) is 11.8. The molecule has 1 aromatic rings. The van der Waals surface area contributed by atoms with E-state index in [1.807, 2.05) is 0 Å². The van der Waals surface area contributed by atoms with Crippen LogP contribution < -0.4 is 0 Å². The second-order valence-electron chi connectivity index (χ2n) is 12.6. The van der Waals surface area contributed by atoms with E-state index >= 15 is 0 Å². The van der Waals surface area contributed by atoms with Gasteiger partial charge in [-0.3, -0.25) is 0 Å². The summed E-state index contributed by atoms with van der Waals surface area (Å²) in [5.74, 6) is 3.31. The highest BCUT2D eigenvalue weighted by Gasteiger charge is 2.63. The Morgan fingerprint density at radius 3 is 1.43 bits per heavy atom. The molecule has 0 aromatic heterocycles. The van der Waals surface area contributed by atoms with Crippen LogP contribution in [0.2, 0.25) is 0 Å². The molecule has 0 saturated heterocycles. The molecule has 0 spiro atoms. The Bertz CT molecular complexity index is 768. The molecule has 28 heavy (non-hydrogen) atoms. The molecule has 6 atom stereocenters. The van der Waals surface area contributed by atoms with Gasteiger partial charge in [-0.2, -0.15) is 0 Å². The van der Waals surface area contributed by atoms with E-state index in [4.69, 9.17) is 0 Å². The van der Waals surface area contributed by atoms with Crippen LogP contribution in [0.3, 0.4) is 0 Å². The largest absolute Gasteiger partial charge is 0.507 e. The molecule has 4 fully saturated rings. The Kier molecular flexibility index (Phi) is 3.65. The monoisotopic (exact) mass is 380 g/mol. The summed E-state index contributed by atoms with van der Waals surface area (Å²) >= 11 is 0. The van der Waals surface area contributed by atoms with Gasteiger partial charge in [0.2, 0.25) is 0 Å².